The van der Waals surface area contributed by atoms with Gasteiger partial charge in [-0.3, -0.25) is 4.79 Å². The molecule has 0 heterocycles. The summed E-state index contributed by atoms with van der Waals surface area (Å²) >= 11 is 0. The molecule has 3 aliphatic carbocycles. The summed E-state index contributed by atoms with van der Waals surface area (Å²) in [5.74, 6) is 2.93. The van der Waals surface area contributed by atoms with Gasteiger partial charge in [0.15, 0.2) is 5.78 Å². The Bertz CT molecular complexity index is 715. The van der Waals surface area contributed by atoms with Crippen LogP contribution in [0.2, 0.25) is 0 Å². The zero-order chi connectivity index (χ0) is 17.1. The van der Waals surface area contributed by atoms with Crippen LogP contribution in [-0.2, 0) is 11.2 Å². The van der Waals surface area contributed by atoms with Crippen molar-refractivity contribution in [2.24, 2.45) is 23.2 Å². The SMILES string of the molecule is CC(C)C=C1CC2C3CCc4cc(O)ccc4C3CC[C@]2(C)C1=O. The zero-order valence-electron chi connectivity index (χ0n) is 15.0. The molecule has 0 bridgehead atoms. The molecule has 4 rings (SSSR count). The lowest BCUT2D eigenvalue weighted by Gasteiger charge is -2.48. The van der Waals surface area contributed by atoms with Gasteiger partial charge in [0.2, 0.25) is 0 Å². The molecule has 0 aromatic heterocycles. The van der Waals surface area contributed by atoms with Crippen molar-refractivity contribution in [1.29, 1.82) is 0 Å². The van der Waals surface area contributed by atoms with Gasteiger partial charge in [-0.25, -0.2) is 0 Å². The minimum Gasteiger partial charge on any atom is -0.508 e. The molecule has 0 aliphatic heterocycles. The Morgan fingerprint density at radius 1 is 1.29 bits per heavy atom. The first-order chi connectivity index (χ1) is 11.4. The molecule has 128 valence electrons. The summed E-state index contributed by atoms with van der Waals surface area (Å²) in [6, 6.07) is 5.91. The third kappa shape index (κ3) is 2.26. The Hall–Kier alpha value is -1.57. The number of fused-ring (bicyclic) bond motifs is 5. The van der Waals surface area contributed by atoms with Crippen LogP contribution in [0.3, 0.4) is 0 Å². The molecule has 1 N–H and O–H groups in total. The van der Waals surface area contributed by atoms with E-state index < -0.39 is 0 Å². The number of phenolic OH excluding ortho intramolecular Hbond substituents is 1. The number of rotatable bonds is 1. The lowest BCUT2D eigenvalue weighted by molar-refractivity contribution is -0.127. The van der Waals surface area contributed by atoms with Crippen LogP contribution in [0, 0.1) is 23.2 Å². The Labute approximate surface area is 145 Å². The number of aryl methyl sites for hydroxylation is 1. The summed E-state index contributed by atoms with van der Waals surface area (Å²) in [6.07, 6.45) is 7.49. The summed E-state index contributed by atoms with van der Waals surface area (Å²) in [7, 11) is 0. The smallest absolute Gasteiger partial charge is 0.164 e. The van der Waals surface area contributed by atoms with Gasteiger partial charge in [-0.15, -0.1) is 0 Å². The second kappa shape index (κ2) is 5.47. The van der Waals surface area contributed by atoms with Crippen LogP contribution in [0.4, 0.5) is 0 Å². The second-order valence-electron chi connectivity index (χ2n) is 8.72. The number of allylic oxidation sites excluding steroid dienone is 2. The number of Topliss-reactive ketones (excluding diaryl/α,β-unsaturated/α-hetero) is 1. The molecule has 1 aromatic rings. The summed E-state index contributed by atoms with van der Waals surface area (Å²) in [4.78, 5) is 13.1. The van der Waals surface area contributed by atoms with E-state index in [0.717, 1.165) is 37.7 Å². The van der Waals surface area contributed by atoms with Crippen LogP contribution in [0.1, 0.15) is 63.5 Å². The van der Waals surface area contributed by atoms with E-state index in [4.69, 9.17) is 0 Å². The van der Waals surface area contributed by atoms with Crippen molar-refractivity contribution in [2.45, 2.75) is 58.8 Å². The average Bonchev–Trinajstić information content (AvgIpc) is 2.78. The number of hydrogen-bond donors (Lipinski definition) is 1. The first-order valence-corrected chi connectivity index (χ1v) is 9.47. The van der Waals surface area contributed by atoms with Gasteiger partial charge >= 0.3 is 0 Å². The lowest BCUT2D eigenvalue weighted by atomic mass is 9.55. The van der Waals surface area contributed by atoms with Gasteiger partial charge in [0.25, 0.3) is 0 Å². The Morgan fingerprint density at radius 2 is 2.08 bits per heavy atom. The Morgan fingerprint density at radius 3 is 2.83 bits per heavy atom. The molecule has 0 amide bonds. The average molecular weight is 324 g/mol. The molecule has 0 saturated heterocycles. The van der Waals surface area contributed by atoms with E-state index in [1.165, 1.54) is 11.1 Å². The molecule has 1 aromatic carbocycles. The molecule has 4 atom stereocenters. The van der Waals surface area contributed by atoms with Crippen LogP contribution in [0.15, 0.2) is 29.8 Å². The number of carbonyl (C=O) groups is 1. The van der Waals surface area contributed by atoms with Gasteiger partial charge < -0.3 is 5.11 Å². The summed E-state index contributed by atoms with van der Waals surface area (Å²) in [5, 5.41) is 9.78. The van der Waals surface area contributed by atoms with E-state index in [2.05, 4.69) is 32.9 Å². The zero-order valence-corrected chi connectivity index (χ0v) is 15.0. The minimum absolute atomic E-state index is 0.143. The Kier molecular flexibility index (Phi) is 3.63. The number of hydrogen-bond acceptors (Lipinski definition) is 2. The van der Waals surface area contributed by atoms with Gasteiger partial charge in [-0.2, -0.15) is 0 Å². The molecule has 3 aliphatic rings. The molecular formula is C22H28O2. The van der Waals surface area contributed by atoms with Crippen molar-refractivity contribution in [1.82, 2.24) is 0 Å². The van der Waals surface area contributed by atoms with Crippen molar-refractivity contribution in [3.05, 3.63) is 41.0 Å². The van der Waals surface area contributed by atoms with Gasteiger partial charge in [0.1, 0.15) is 5.75 Å². The maximum atomic E-state index is 13.1. The maximum absolute atomic E-state index is 13.1. The predicted molar refractivity (Wildman–Crippen MR) is 96.0 cm³/mol. The van der Waals surface area contributed by atoms with Crippen LogP contribution in [0.25, 0.3) is 0 Å². The molecule has 2 nitrogen and oxygen atoms in total. The van der Waals surface area contributed by atoms with Crippen LogP contribution in [-0.4, -0.2) is 10.9 Å². The van der Waals surface area contributed by atoms with E-state index in [0.29, 0.717) is 35.2 Å². The quantitative estimate of drug-likeness (QED) is 0.737. The van der Waals surface area contributed by atoms with Crippen molar-refractivity contribution in [3.8, 4) is 5.75 Å². The third-order valence-corrected chi connectivity index (χ3v) is 6.88. The van der Waals surface area contributed by atoms with Crippen LogP contribution < -0.4 is 0 Å². The van der Waals surface area contributed by atoms with E-state index in [-0.39, 0.29) is 5.41 Å². The van der Waals surface area contributed by atoms with E-state index >= 15 is 0 Å². The van der Waals surface area contributed by atoms with Crippen LogP contribution in [0.5, 0.6) is 5.75 Å². The Balaban J connectivity index is 1.70. The lowest BCUT2D eigenvalue weighted by Crippen LogP contribution is -2.42. The fourth-order valence-electron chi connectivity index (χ4n) is 5.79. The van der Waals surface area contributed by atoms with Crippen molar-refractivity contribution in [2.75, 3.05) is 0 Å². The number of carbonyl (C=O) groups excluding carboxylic acids is 1. The molecule has 2 fully saturated rings. The largest absolute Gasteiger partial charge is 0.508 e. The summed E-state index contributed by atoms with van der Waals surface area (Å²) in [5.41, 5.74) is 3.70. The standard InChI is InChI=1S/C22H28O2/c1-13(2)10-15-12-20-19-6-4-14-11-16(23)5-7-17(14)18(19)8-9-22(20,3)21(15)24/h5,7,10-11,13,18-20,23H,4,6,8-9,12H2,1-3H3/t18?,19?,20?,22-/m0/s1. The number of benzene rings is 1. The number of phenols is 1. The fourth-order valence-corrected chi connectivity index (χ4v) is 5.79. The minimum atomic E-state index is -0.143. The number of ketones is 1. The van der Waals surface area contributed by atoms with E-state index in [1.54, 1.807) is 0 Å². The monoisotopic (exact) mass is 324 g/mol. The molecule has 2 saturated carbocycles. The van der Waals surface area contributed by atoms with Crippen molar-refractivity contribution >= 4 is 5.78 Å². The normalized spacial score (nSPS) is 36.6. The first-order valence-electron chi connectivity index (χ1n) is 9.47. The van der Waals surface area contributed by atoms with Gasteiger partial charge in [-0.1, -0.05) is 32.9 Å². The molecule has 24 heavy (non-hydrogen) atoms. The highest BCUT2D eigenvalue weighted by molar-refractivity contribution is 6.02. The molecule has 3 unspecified atom stereocenters. The topological polar surface area (TPSA) is 37.3 Å². The highest BCUT2D eigenvalue weighted by atomic mass is 16.3. The van der Waals surface area contributed by atoms with E-state index in [1.807, 2.05) is 12.1 Å². The van der Waals surface area contributed by atoms with Gasteiger partial charge in [-0.05, 0) is 84.6 Å². The fraction of sp³-hybridized carbons (Fsp3) is 0.591. The number of aromatic hydroxyl groups is 1. The molecule has 2 heteroatoms. The maximum Gasteiger partial charge on any atom is 0.164 e. The summed E-state index contributed by atoms with van der Waals surface area (Å²) < 4.78 is 0. The highest BCUT2D eigenvalue weighted by Gasteiger charge is 2.56. The van der Waals surface area contributed by atoms with Crippen molar-refractivity contribution in [3.63, 3.8) is 0 Å². The van der Waals surface area contributed by atoms with Crippen LogP contribution >= 0.6 is 0 Å². The molecule has 0 radical (unpaired) electrons. The third-order valence-electron chi connectivity index (χ3n) is 6.88. The van der Waals surface area contributed by atoms with Gasteiger partial charge in [0, 0.05) is 5.41 Å². The summed E-state index contributed by atoms with van der Waals surface area (Å²) in [6.45, 7) is 6.55. The van der Waals surface area contributed by atoms with E-state index in [9.17, 15) is 9.90 Å². The predicted octanol–water partition coefficient (Wildman–Crippen LogP) is 5.01. The molecular weight excluding hydrogens is 296 g/mol. The van der Waals surface area contributed by atoms with Crippen molar-refractivity contribution < 1.29 is 9.90 Å². The second-order valence-corrected chi connectivity index (χ2v) is 8.72. The molecule has 0 spiro atoms. The van der Waals surface area contributed by atoms with Gasteiger partial charge in [0.05, 0.1) is 0 Å². The first kappa shape index (κ1) is 15.9. The highest BCUT2D eigenvalue weighted by Crippen LogP contribution is 2.60.